The second kappa shape index (κ2) is 10.5. The van der Waals surface area contributed by atoms with Gasteiger partial charge in [0.25, 0.3) is 0 Å². The summed E-state index contributed by atoms with van der Waals surface area (Å²) in [5, 5.41) is 7.05. The summed E-state index contributed by atoms with van der Waals surface area (Å²) in [7, 11) is 1.68. The topological polar surface area (TPSA) is 108 Å². The highest BCUT2D eigenvalue weighted by Crippen LogP contribution is 2.40. The molecule has 4 rings (SSSR count). The predicted octanol–water partition coefficient (Wildman–Crippen LogP) is 2.63. The SMILES string of the molecule is Cc1cc(CN(C)C(=O)C[C@]2(c3ccccc3)CC(=O)N(CCCOc3cccnc3)C2=O)n[nH]1. The maximum Gasteiger partial charge on any atom is 0.240 e. The van der Waals surface area contributed by atoms with Crippen molar-refractivity contribution in [2.45, 2.75) is 38.1 Å². The molecule has 9 heteroatoms. The van der Waals surface area contributed by atoms with Crippen molar-refractivity contribution in [2.75, 3.05) is 20.2 Å². The van der Waals surface area contributed by atoms with Gasteiger partial charge >= 0.3 is 0 Å². The van der Waals surface area contributed by atoms with E-state index in [1.54, 1.807) is 36.5 Å². The Kier molecular flexibility index (Phi) is 7.24. The number of nitrogens with one attached hydrogen (secondary N) is 1. The van der Waals surface area contributed by atoms with Crippen molar-refractivity contribution in [1.29, 1.82) is 0 Å². The maximum absolute atomic E-state index is 13.7. The van der Waals surface area contributed by atoms with Gasteiger partial charge in [-0.15, -0.1) is 0 Å². The molecule has 2 aromatic heterocycles. The van der Waals surface area contributed by atoms with Crippen LogP contribution in [0.3, 0.4) is 0 Å². The average Bonchev–Trinajstić information content (AvgIpc) is 3.38. The van der Waals surface area contributed by atoms with E-state index >= 15 is 0 Å². The minimum Gasteiger partial charge on any atom is -0.492 e. The van der Waals surface area contributed by atoms with Crippen molar-refractivity contribution >= 4 is 17.7 Å². The summed E-state index contributed by atoms with van der Waals surface area (Å²) >= 11 is 0. The number of aryl methyl sites for hydroxylation is 1. The number of pyridine rings is 1. The Balaban J connectivity index is 1.47. The molecule has 3 aromatic rings. The summed E-state index contributed by atoms with van der Waals surface area (Å²) in [6, 6.07) is 14.6. The van der Waals surface area contributed by atoms with Gasteiger partial charge in [-0.2, -0.15) is 5.10 Å². The van der Waals surface area contributed by atoms with E-state index in [1.165, 1.54) is 4.90 Å². The standard InChI is InChI=1S/C26H29N5O4/c1-19-14-21(29-28-19)18-30(2)23(32)15-26(20-8-4-3-5-9-20)16-24(33)31(25(26)34)12-7-13-35-22-10-6-11-27-17-22/h3-6,8-11,14,17H,7,12-13,15-16,18H2,1-2H3,(H,28,29)/t26-/m1/s1. The Bertz CT molecular complexity index is 1180. The highest BCUT2D eigenvalue weighted by molar-refractivity contribution is 6.10. The fourth-order valence-electron chi connectivity index (χ4n) is 4.37. The first kappa shape index (κ1) is 24.1. The molecule has 0 unspecified atom stereocenters. The van der Waals surface area contributed by atoms with Crippen LogP contribution in [0.4, 0.5) is 0 Å². The Morgan fingerprint density at radius 3 is 2.69 bits per heavy atom. The molecule has 0 radical (unpaired) electrons. The van der Waals surface area contributed by atoms with Gasteiger partial charge in [0.05, 0.1) is 30.5 Å². The van der Waals surface area contributed by atoms with E-state index in [0.29, 0.717) is 30.9 Å². The van der Waals surface area contributed by atoms with Crippen LogP contribution in [0.15, 0.2) is 60.9 Å². The number of aromatic amines is 1. The Morgan fingerprint density at radius 2 is 2.00 bits per heavy atom. The van der Waals surface area contributed by atoms with Gasteiger partial charge in [-0.3, -0.25) is 29.4 Å². The fourth-order valence-corrected chi connectivity index (χ4v) is 4.37. The molecule has 3 amide bonds. The largest absolute Gasteiger partial charge is 0.492 e. The molecule has 1 saturated heterocycles. The number of carbonyl (C=O) groups is 3. The Labute approximate surface area is 204 Å². The Hall–Kier alpha value is -4.01. The van der Waals surface area contributed by atoms with Crippen LogP contribution in [0.5, 0.6) is 5.75 Å². The molecule has 0 saturated carbocycles. The monoisotopic (exact) mass is 475 g/mol. The van der Waals surface area contributed by atoms with E-state index in [2.05, 4.69) is 15.2 Å². The second-order valence-electron chi connectivity index (χ2n) is 8.84. The van der Waals surface area contributed by atoms with Crippen molar-refractivity contribution < 1.29 is 19.1 Å². The number of aromatic nitrogens is 3. The number of amides is 3. The van der Waals surface area contributed by atoms with Crippen LogP contribution in [0.2, 0.25) is 0 Å². The summed E-state index contributed by atoms with van der Waals surface area (Å²) in [6.45, 7) is 2.77. The van der Waals surface area contributed by atoms with Crippen LogP contribution in [0, 0.1) is 6.92 Å². The quantitative estimate of drug-likeness (QED) is 0.357. The third-order valence-corrected chi connectivity index (χ3v) is 6.20. The highest BCUT2D eigenvalue weighted by Gasteiger charge is 2.53. The van der Waals surface area contributed by atoms with E-state index in [-0.39, 0.29) is 37.1 Å². The van der Waals surface area contributed by atoms with Crippen molar-refractivity contribution in [2.24, 2.45) is 0 Å². The molecule has 35 heavy (non-hydrogen) atoms. The zero-order chi connectivity index (χ0) is 24.8. The number of rotatable bonds is 10. The number of hydrogen-bond acceptors (Lipinski definition) is 6. The summed E-state index contributed by atoms with van der Waals surface area (Å²) in [5.41, 5.74) is 1.08. The van der Waals surface area contributed by atoms with Gasteiger partial charge in [-0.25, -0.2) is 0 Å². The van der Waals surface area contributed by atoms with Gasteiger partial charge in [-0.05, 0) is 37.1 Å². The number of nitrogens with zero attached hydrogens (tertiary/aromatic N) is 4. The molecule has 0 aliphatic carbocycles. The van der Waals surface area contributed by atoms with Gasteiger partial charge < -0.3 is 9.64 Å². The first-order valence-electron chi connectivity index (χ1n) is 11.6. The lowest BCUT2D eigenvalue weighted by atomic mass is 9.75. The number of hydrogen-bond donors (Lipinski definition) is 1. The Morgan fingerprint density at radius 1 is 1.20 bits per heavy atom. The maximum atomic E-state index is 13.7. The third kappa shape index (κ3) is 5.40. The van der Waals surface area contributed by atoms with Gasteiger partial charge in [0, 0.05) is 38.3 Å². The van der Waals surface area contributed by atoms with Crippen molar-refractivity contribution in [3.05, 3.63) is 77.9 Å². The van der Waals surface area contributed by atoms with Gasteiger partial charge in [0.15, 0.2) is 0 Å². The van der Waals surface area contributed by atoms with E-state index in [1.807, 2.05) is 43.3 Å². The number of benzene rings is 1. The molecule has 1 aliphatic heterocycles. The minimum absolute atomic E-state index is 0.0413. The predicted molar refractivity (Wildman–Crippen MR) is 128 cm³/mol. The zero-order valence-electron chi connectivity index (χ0n) is 19.9. The summed E-state index contributed by atoms with van der Waals surface area (Å²) in [6.07, 6.45) is 3.61. The normalized spacial score (nSPS) is 17.6. The van der Waals surface area contributed by atoms with E-state index in [9.17, 15) is 14.4 Å². The lowest BCUT2D eigenvalue weighted by molar-refractivity contribution is -0.142. The number of imide groups is 1. The van der Waals surface area contributed by atoms with Crippen LogP contribution in [0.25, 0.3) is 0 Å². The van der Waals surface area contributed by atoms with E-state index in [4.69, 9.17) is 4.74 Å². The van der Waals surface area contributed by atoms with Crippen LogP contribution >= 0.6 is 0 Å². The molecule has 0 spiro atoms. The first-order chi connectivity index (χ1) is 16.9. The van der Waals surface area contributed by atoms with Gasteiger partial charge in [0.2, 0.25) is 17.7 Å². The van der Waals surface area contributed by atoms with Crippen LogP contribution in [0.1, 0.15) is 36.2 Å². The highest BCUT2D eigenvalue weighted by atomic mass is 16.5. The number of likely N-dealkylation sites (tertiary alicyclic amines) is 1. The molecule has 3 heterocycles. The van der Waals surface area contributed by atoms with Crippen molar-refractivity contribution in [3.8, 4) is 5.75 Å². The molecule has 1 atom stereocenters. The third-order valence-electron chi connectivity index (χ3n) is 6.20. The summed E-state index contributed by atoms with van der Waals surface area (Å²) < 4.78 is 5.65. The molecule has 0 bridgehead atoms. The lowest BCUT2D eigenvalue weighted by Gasteiger charge is -2.29. The molecule has 182 valence electrons. The lowest BCUT2D eigenvalue weighted by Crippen LogP contribution is -2.43. The molecule has 1 fully saturated rings. The molecular formula is C26H29N5O4. The molecule has 9 nitrogen and oxygen atoms in total. The van der Waals surface area contributed by atoms with Crippen molar-refractivity contribution in [1.82, 2.24) is 25.0 Å². The van der Waals surface area contributed by atoms with Crippen molar-refractivity contribution in [3.63, 3.8) is 0 Å². The number of H-pyrrole nitrogens is 1. The average molecular weight is 476 g/mol. The minimum atomic E-state index is -1.23. The molecule has 1 aromatic carbocycles. The number of carbonyl (C=O) groups excluding carboxylic acids is 3. The zero-order valence-corrected chi connectivity index (χ0v) is 19.9. The van der Waals surface area contributed by atoms with E-state index in [0.717, 1.165) is 11.4 Å². The van der Waals surface area contributed by atoms with Crippen LogP contribution in [-0.4, -0.2) is 62.9 Å². The molecule has 1 N–H and O–H groups in total. The molecule has 1 aliphatic rings. The second-order valence-corrected chi connectivity index (χ2v) is 8.84. The van der Waals surface area contributed by atoms with Gasteiger partial charge in [-0.1, -0.05) is 30.3 Å². The summed E-state index contributed by atoms with van der Waals surface area (Å²) in [4.78, 5) is 46.7. The van der Waals surface area contributed by atoms with Gasteiger partial charge in [0.1, 0.15) is 5.75 Å². The fraction of sp³-hybridized carbons (Fsp3) is 0.346. The molecular weight excluding hydrogens is 446 g/mol. The summed E-state index contributed by atoms with van der Waals surface area (Å²) in [5.74, 6) is -0.214. The smallest absolute Gasteiger partial charge is 0.240 e. The van der Waals surface area contributed by atoms with E-state index < -0.39 is 5.41 Å². The first-order valence-corrected chi connectivity index (χ1v) is 11.6. The van der Waals surface area contributed by atoms with Crippen LogP contribution in [-0.2, 0) is 26.3 Å². The van der Waals surface area contributed by atoms with Crippen LogP contribution < -0.4 is 4.74 Å². The number of ether oxygens (including phenoxy) is 1.